The minimum absolute atomic E-state index is 0.435. The molecule has 0 aliphatic rings. The molecule has 74 valence electrons. The maximum Gasteiger partial charge on any atom is 0.178 e. The van der Waals surface area contributed by atoms with Gasteiger partial charge in [0.1, 0.15) is 5.52 Å². The number of rotatable bonds is 2. The molecular formula is C8H9ClN4S. The zero-order chi connectivity index (χ0) is 10.1. The van der Waals surface area contributed by atoms with Crippen molar-refractivity contribution in [1.82, 2.24) is 14.5 Å². The maximum atomic E-state index is 5.91. The molecule has 0 saturated heterocycles. The highest BCUT2D eigenvalue weighted by molar-refractivity contribution is 7.71. The summed E-state index contributed by atoms with van der Waals surface area (Å²) in [6, 6.07) is 1.86. The van der Waals surface area contributed by atoms with Crippen molar-refractivity contribution in [3.8, 4) is 0 Å². The molecule has 0 atom stereocenters. The van der Waals surface area contributed by atoms with Gasteiger partial charge in [0, 0.05) is 19.3 Å². The van der Waals surface area contributed by atoms with Crippen LogP contribution in [-0.4, -0.2) is 21.1 Å². The third kappa shape index (κ3) is 1.43. The number of halogens is 1. The van der Waals surface area contributed by atoms with Crippen LogP contribution in [0.15, 0.2) is 12.3 Å². The van der Waals surface area contributed by atoms with Crippen molar-refractivity contribution in [3.63, 3.8) is 0 Å². The molecule has 6 heteroatoms. The Bertz CT molecular complexity index is 516. The highest BCUT2D eigenvalue weighted by atomic mass is 35.5. The van der Waals surface area contributed by atoms with Crippen LogP contribution in [0.25, 0.3) is 11.0 Å². The molecule has 0 unspecified atom stereocenters. The molecule has 0 fully saturated rings. The lowest BCUT2D eigenvalue weighted by Gasteiger charge is -2.00. The van der Waals surface area contributed by atoms with E-state index < -0.39 is 0 Å². The number of pyridine rings is 1. The molecule has 4 nitrogen and oxygen atoms in total. The van der Waals surface area contributed by atoms with E-state index in [4.69, 9.17) is 29.6 Å². The zero-order valence-electron chi connectivity index (χ0n) is 7.33. The second-order valence-corrected chi connectivity index (χ2v) is 3.61. The molecule has 3 N–H and O–H groups in total. The first kappa shape index (κ1) is 9.64. The van der Waals surface area contributed by atoms with Crippen molar-refractivity contribution in [3.05, 3.63) is 22.2 Å². The first-order valence-corrected chi connectivity index (χ1v) is 4.95. The number of H-pyrrole nitrogens is 1. The van der Waals surface area contributed by atoms with Crippen LogP contribution in [0.4, 0.5) is 0 Å². The van der Waals surface area contributed by atoms with Gasteiger partial charge >= 0.3 is 0 Å². The molecule has 0 bridgehead atoms. The Hall–Kier alpha value is -0.910. The smallest absolute Gasteiger partial charge is 0.178 e. The van der Waals surface area contributed by atoms with Crippen molar-refractivity contribution in [2.24, 2.45) is 5.73 Å². The summed E-state index contributed by atoms with van der Waals surface area (Å²) in [5.41, 5.74) is 7.20. The predicted molar refractivity (Wildman–Crippen MR) is 59.0 cm³/mol. The van der Waals surface area contributed by atoms with Gasteiger partial charge in [0.25, 0.3) is 0 Å². The predicted octanol–water partition coefficient (Wildman–Crippen LogP) is 1.71. The molecule has 0 spiro atoms. The molecule has 0 amide bonds. The van der Waals surface area contributed by atoms with E-state index in [1.807, 2.05) is 10.6 Å². The van der Waals surface area contributed by atoms with E-state index in [0.717, 1.165) is 11.0 Å². The molecule has 0 aromatic carbocycles. The standard InChI is InChI=1S/C8H9ClN4S/c9-7-6-5(1-3-11-7)13(4-2-10)8(14)12-6/h1,3H,2,4,10H2,(H,12,14). The van der Waals surface area contributed by atoms with Gasteiger partial charge in [0.15, 0.2) is 9.92 Å². The van der Waals surface area contributed by atoms with Crippen molar-refractivity contribution >= 4 is 34.9 Å². The Balaban J connectivity index is 2.77. The fraction of sp³-hybridized carbons (Fsp3) is 0.250. The van der Waals surface area contributed by atoms with Crippen molar-refractivity contribution in [1.29, 1.82) is 0 Å². The van der Waals surface area contributed by atoms with Gasteiger partial charge in [-0.1, -0.05) is 11.6 Å². The molecule has 0 radical (unpaired) electrons. The van der Waals surface area contributed by atoms with Crippen molar-refractivity contribution < 1.29 is 0 Å². The van der Waals surface area contributed by atoms with Gasteiger partial charge in [0.05, 0.1) is 5.52 Å². The first-order chi connectivity index (χ1) is 6.74. The summed E-state index contributed by atoms with van der Waals surface area (Å²) in [5, 5.41) is 0.435. The van der Waals surface area contributed by atoms with E-state index >= 15 is 0 Å². The molecule has 2 heterocycles. The quantitative estimate of drug-likeness (QED) is 0.608. The van der Waals surface area contributed by atoms with Gasteiger partial charge < -0.3 is 15.3 Å². The average molecular weight is 229 g/mol. The van der Waals surface area contributed by atoms with E-state index in [9.17, 15) is 0 Å². The highest BCUT2D eigenvalue weighted by Crippen LogP contribution is 2.19. The van der Waals surface area contributed by atoms with E-state index in [0.29, 0.717) is 23.0 Å². The number of nitrogens with one attached hydrogen (secondary N) is 1. The Morgan fingerprint density at radius 2 is 2.43 bits per heavy atom. The number of aromatic nitrogens is 3. The number of hydrogen-bond donors (Lipinski definition) is 2. The first-order valence-electron chi connectivity index (χ1n) is 4.17. The summed E-state index contributed by atoms with van der Waals surface area (Å²) in [4.78, 5) is 6.97. The van der Waals surface area contributed by atoms with Crippen LogP contribution in [0.1, 0.15) is 0 Å². The van der Waals surface area contributed by atoms with Gasteiger partial charge in [-0.15, -0.1) is 0 Å². The van der Waals surface area contributed by atoms with Crippen LogP contribution in [0.3, 0.4) is 0 Å². The van der Waals surface area contributed by atoms with Gasteiger partial charge in [-0.3, -0.25) is 0 Å². The number of imidazole rings is 1. The SMILES string of the molecule is NCCn1c(=S)[nH]c2c(Cl)nccc21. The van der Waals surface area contributed by atoms with E-state index in [1.54, 1.807) is 6.20 Å². The van der Waals surface area contributed by atoms with Crippen molar-refractivity contribution in [2.75, 3.05) is 6.54 Å². The van der Waals surface area contributed by atoms with Crippen LogP contribution in [0.2, 0.25) is 5.15 Å². The molecule has 0 aliphatic heterocycles. The van der Waals surface area contributed by atoms with Gasteiger partial charge in [-0.2, -0.15) is 0 Å². The summed E-state index contributed by atoms with van der Waals surface area (Å²) in [7, 11) is 0. The topological polar surface area (TPSA) is 59.6 Å². The lowest BCUT2D eigenvalue weighted by molar-refractivity contribution is 0.718. The number of nitrogens with two attached hydrogens (primary N) is 1. The zero-order valence-corrected chi connectivity index (χ0v) is 8.90. The van der Waals surface area contributed by atoms with Crippen LogP contribution >= 0.6 is 23.8 Å². The van der Waals surface area contributed by atoms with Crippen LogP contribution < -0.4 is 5.73 Å². The summed E-state index contributed by atoms with van der Waals surface area (Å²) in [5.74, 6) is 0. The fourth-order valence-corrected chi connectivity index (χ4v) is 1.89. The van der Waals surface area contributed by atoms with Gasteiger partial charge in [0.2, 0.25) is 0 Å². The van der Waals surface area contributed by atoms with Crippen LogP contribution in [0, 0.1) is 4.77 Å². The summed E-state index contributed by atoms with van der Waals surface area (Å²) < 4.78 is 2.54. The molecule has 0 saturated carbocycles. The molecule has 2 aromatic rings. The third-order valence-electron chi connectivity index (χ3n) is 2.00. The van der Waals surface area contributed by atoms with Crippen LogP contribution in [0.5, 0.6) is 0 Å². The molecule has 2 rings (SSSR count). The maximum absolute atomic E-state index is 5.91. The summed E-state index contributed by atoms with van der Waals surface area (Å²) in [6.45, 7) is 1.22. The second-order valence-electron chi connectivity index (χ2n) is 2.87. The average Bonchev–Trinajstić information content (AvgIpc) is 2.47. The summed E-state index contributed by atoms with van der Waals surface area (Å²) >= 11 is 11.1. The Morgan fingerprint density at radius 3 is 3.14 bits per heavy atom. The number of nitrogens with zero attached hydrogens (tertiary/aromatic N) is 2. The van der Waals surface area contributed by atoms with Gasteiger partial charge in [-0.25, -0.2) is 4.98 Å². The minimum Gasteiger partial charge on any atom is -0.329 e. The van der Waals surface area contributed by atoms with E-state index in [2.05, 4.69) is 9.97 Å². The Morgan fingerprint density at radius 1 is 1.64 bits per heavy atom. The third-order valence-corrected chi connectivity index (χ3v) is 2.61. The van der Waals surface area contributed by atoms with E-state index in [-0.39, 0.29) is 0 Å². The largest absolute Gasteiger partial charge is 0.329 e. The molecular weight excluding hydrogens is 220 g/mol. The molecule has 0 aliphatic carbocycles. The van der Waals surface area contributed by atoms with Gasteiger partial charge in [-0.05, 0) is 18.3 Å². The lowest BCUT2D eigenvalue weighted by atomic mass is 10.4. The normalized spacial score (nSPS) is 11.0. The second kappa shape index (κ2) is 3.68. The Labute approximate surface area is 90.7 Å². The van der Waals surface area contributed by atoms with E-state index in [1.165, 1.54) is 0 Å². The summed E-state index contributed by atoms with van der Waals surface area (Å²) in [6.07, 6.45) is 1.65. The lowest BCUT2D eigenvalue weighted by Crippen LogP contribution is -2.09. The highest BCUT2D eigenvalue weighted by Gasteiger charge is 2.06. The number of aromatic amines is 1. The Kier molecular flexibility index (Phi) is 2.54. The number of hydrogen-bond acceptors (Lipinski definition) is 3. The van der Waals surface area contributed by atoms with Crippen molar-refractivity contribution in [2.45, 2.75) is 6.54 Å². The molecule has 14 heavy (non-hydrogen) atoms. The fourth-order valence-electron chi connectivity index (χ4n) is 1.40. The minimum atomic E-state index is 0.435. The molecule has 2 aromatic heterocycles. The number of fused-ring (bicyclic) bond motifs is 1. The monoisotopic (exact) mass is 228 g/mol. The van der Waals surface area contributed by atoms with Crippen LogP contribution in [-0.2, 0) is 6.54 Å².